The molecule has 2 rings (SSSR count). The number of carbonyl (C=O) groups is 1. The Morgan fingerprint density at radius 1 is 1.50 bits per heavy atom. The summed E-state index contributed by atoms with van der Waals surface area (Å²) in [5.74, 6) is 0.235. The molecule has 0 aromatic carbocycles. The van der Waals surface area contributed by atoms with Crippen molar-refractivity contribution in [2.75, 3.05) is 6.54 Å². The summed E-state index contributed by atoms with van der Waals surface area (Å²) in [7, 11) is 0. The summed E-state index contributed by atoms with van der Waals surface area (Å²) in [4.78, 5) is 19.9. The number of imidazole rings is 1. The maximum Gasteiger partial charge on any atom is 0.319 e. The molecule has 0 radical (unpaired) electrons. The minimum atomic E-state index is -2.63. The maximum atomic E-state index is 12.6. The van der Waals surface area contributed by atoms with Gasteiger partial charge in [-0.1, -0.05) is 0 Å². The highest BCUT2D eigenvalue weighted by Crippen LogP contribution is 2.15. The van der Waals surface area contributed by atoms with Crippen LogP contribution in [-0.4, -0.2) is 27.1 Å². The van der Waals surface area contributed by atoms with Gasteiger partial charge in [-0.3, -0.25) is 4.57 Å². The van der Waals surface area contributed by atoms with E-state index in [1.807, 2.05) is 19.2 Å². The first-order valence-corrected chi connectivity index (χ1v) is 7.61. The van der Waals surface area contributed by atoms with Gasteiger partial charge in [0.2, 0.25) is 0 Å². The highest BCUT2D eigenvalue weighted by molar-refractivity contribution is 7.09. The lowest BCUT2D eigenvalue weighted by molar-refractivity contribution is 0.0670. The van der Waals surface area contributed by atoms with Crippen molar-refractivity contribution in [1.29, 1.82) is 0 Å². The SMILES string of the molecule is Cc1nc([C@H](C)NC(=O)NCCc2nccn2C(F)F)cs1. The number of hydrogen-bond acceptors (Lipinski definition) is 4. The molecule has 9 heteroatoms. The minimum absolute atomic E-state index is 0.215. The molecule has 0 aliphatic heterocycles. The second-order valence-corrected chi connectivity index (χ2v) is 5.75. The Bertz CT molecular complexity index is 627. The van der Waals surface area contributed by atoms with Gasteiger partial charge in [0.05, 0.1) is 16.7 Å². The molecular formula is C13H17F2N5OS. The van der Waals surface area contributed by atoms with Gasteiger partial charge in [-0.05, 0) is 13.8 Å². The minimum Gasteiger partial charge on any atom is -0.338 e. The predicted octanol–water partition coefficient (Wildman–Crippen LogP) is 2.65. The molecule has 120 valence electrons. The summed E-state index contributed by atoms with van der Waals surface area (Å²) in [6.07, 6.45) is 2.76. The van der Waals surface area contributed by atoms with Crippen molar-refractivity contribution in [3.8, 4) is 0 Å². The molecule has 0 bridgehead atoms. The molecular weight excluding hydrogens is 312 g/mol. The fourth-order valence-electron chi connectivity index (χ4n) is 1.90. The average Bonchev–Trinajstić information content (AvgIpc) is 3.07. The second-order valence-electron chi connectivity index (χ2n) is 4.69. The molecule has 0 fully saturated rings. The van der Waals surface area contributed by atoms with E-state index in [2.05, 4.69) is 20.6 Å². The van der Waals surface area contributed by atoms with Gasteiger partial charge in [-0.25, -0.2) is 14.8 Å². The number of nitrogens with one attached hydrogen (secondary N) is 2. The number of thiazole rings is 1. The van der Waals surface area contributed by atoms with Crippen LogP contribution in [0.4, 0.5) is 13.6 Å². The number of nitrogens with zero attached hydrogens (tertiary/aromatic N) is 3. The molecule has 0 unspecified atom stereocenters. The highest BCUT2D eigenvalue weighted by Gasteiger charge is 2.13. The maximum absolute atomic E-state index is 12.6. The summed E-state index contributed by atoms with van der Waals surface area (Å²) >= 11 is 1.52. The van der Waals surface area contributed by atoms with Crippen LogP contribution in [0.15, 0.2) is 17.8 Å². The summed E-state index contributed by atoms with van der Waals surface area (Å²) in [5.41, 5.74) is 0.797. The number of aryl methyl sites for hydroxylation is 1. The van der Waals surface area contributed by atoms with Crippen molar-refractivity contribution >= 4 is 17.4 Å². The summed E-state index contributed by atoms with van der Waals surface area (Å²) in [5, 5.41) is 8.19. The van der Waals surface area contributed by atoms with E-state index in [0.29, 0.717) is 0 Å². The van der Waals surface area contributed by atoms with E-state index >= 15 is 0 Å². The van der Waals surface area contributed by atoms with Crippen LogP contribution in [-0.2, 0) is 6.42 Å². The zero-order valence-corrected chi connectivity index (χ0v) is 13.0. The predicted molar refractivity (Wildman–Crippen MR) is 79.0 cm³/mol. The van der Waals surface area contributed by atoms with Gasteiger partial charge in [-0.2, -0.15) is 8.78 Å². The molecule has 0 spiro atoms. The van der Waals surface area contributed by atoms with E-state index in [0.717, 1.165) is 15.3 Å². The molecule has 0 aliphatic rings. The van der Waals surface area contributed by atoms with Gasteiger partial charge in [0, 0.05) is 30.7 Å². The normalized spacial score (nSPS) is 12.4. The van der Waals surface area contributed by atoms with E-state index in [1.165, 1.54) is 23.7 Å². The molecule has 1 atom stereocenters. The molecule has 22 heavy (non-hydrogen) atoms. The van der Waals surface area contributed by atoms with Crippen LogP contribution in [0.25, 0.3) is 0 Å². The van der Waals surface area contributed by atoms with Crippen LogP contribution in [0.5, 0.6) is 0 Å². The third-order valence-corrected chi connectivity index (χ3v) is 3.81. The van der Waals surface area contributed by atoms with E-state index in [-0.39, 0.29) is 30.9 Å². The Balaban J connectivity index is 1.77. The monoisotopic (exact) mass is 329 g/mol. The molecule has 0 saturated carbocycles. The van der Waals surface area contributed by atoms with Gasteiger partial charge in [-0.15, -0.1) is 11.3 Å². The number of rotatable bonds is 6. The van der Waals surface area contributed by atoms with Crippen LogP contribution >= 0.6 is 11.3 Å². The highest BCUT2D eigenvalue weighted by atomic mass is 32.1. The molecule has 0 aliphatic carbocycles. The van der Waals surface area contributed by atoms with Gasteiger partial charge in [0.15, 0.2) is 0 Å². The van der Waals surface area contributed by atoms with Crippen molar-refractivity contribution in [2.24, 2.45) is 0 Å². The van der Waals surface area contributed by atoms with Gasteiger partial charge >= 0.3 is 12.6 Å². The molecule has 2 aromatic heterocycles. The number of carbonyl (C=O) groups excluding carboxylic acids is 1. The first-order valence-electron chi connectivity index (χ1n) is 6.73. The van der Waals surface area contributed by atoms with Gasteiger partial charge < -0.3 is 10.6 Å². The Morgan fingerprint density at radius 3 is 2.91 bits per heavy atom. The van der Waals surface area contributed by atoms with Crippen molar-refractivity contribution < 1.29 is 13.6 Å². The molecule has 2 N–H and O–H groups in total. The standard InChI is InChI=1S/C13H17F2N5OS/c1-8(10-7-22-9(2)19-10)18-13(21)17-4-3-11-16-5-6-20(11)12(14)15/h5-8,12H,3-4H2,1-2H3,(H2,17,18,21)/t8-/m0/s1. The van der Waals surface area contributed by atoms with E-state index in [9.17, 15) is 13.6 Å². The molecule has 0 saturated heterocycles. The smallest absolute Gasteiger partial charge is 0.319 e. The molecule has 2 amide bonds. The van der Waals surface area contributed by atoms with Crippen LogP contribution in [0, 0.1) is 6.92 Å². The lowest BCUT2D eigenvalue weighted by atomic mass is 10.3. The van der Waals surface area contributed by atoms with E-state index in [4.69, 9.17) is 0 Å². The summed E-state index contributed by atoms with van der Waals surface area (Å²) in [6, 6.07) is -0.582. The van der Waals surface area contributed by atoms with Gasteiger partial charge in [0.1, 0.15) is 5.82 Å². The largest absolute Gasteiger partial charge is 0.338 e. The number of hydrogen-bond donors (Lipinski definition) is 2. The van der Waals surface area contributed by atoms with Crippen molar-refractivity contribution in [1.82, 2.24) is 25.2 Å². The van der Waals surface area contributed by atoms with Crippen LogP contribution in [0.1, 0.15) is 36.0 Å². The molecule has 6 nitrogen and oxygen atoms in total. The average molecular weight is 329 g/mol. The first kappa shape index (κ1) is 16.3. The topological polar surface area (TPSA) is 71.8 Å². The fourth-order valence-corrected chi connectivity index (χ4v) is 2.61. The Hall–Kier alpha value is -2.03. The quantitative estimate of drug-likeness (QED) is 0.856. The van der Waals surface area contributed by atoms with Crippen molar-refractivity contribution in [3.05, 3.63) is 34.3 Å². The zero-order valence-electron chi connectivity index (χ0n) is 12.2. The van der Waals surface area contributed by atoms with E-state index < -0.39 is 6.55 Å². The lowest BCUT2D eigenvalue weighted by Gasteiger charge is -2.13. The van der Waals surface area contributed by atoms with E-state index in [1.54, 1.807) is 0 Å². The summed E-state index contributed by atoms with van der Waals surface area (Å²) < 4.78 is 26.0. The van der Waals surface area contributed by atoms with Gasteiger partial charge in [0.25, 0.3) is 0 Å². The molecule has 2 aromatic rings. The number of urea groups is 1. The Labute approximate surface area is 130 Å². The number of halogens is 2. The van der Waals surface area contributed by atoms with Crippen LogP contribution in [0.2, 0.25) is 0 Å². The fraction of sp³-hybridized carbons (Fsp3) is 0.462. The second kappa shape index (κ2) is 7.30. The van der Waals surface area contributed by atoms with Crippen molar-refractivity contribution in [2.45, 2.75) is 32.9 Å². The van der Waals surface area contributed by atoms with Crippen LogP contribution in [0.3, 0.4) is 0 Å². The number of alkyl halides is 2. The molecule has 2 heterocycles. The number of aromatic nitrogens is 3. The number of amides is 2. The van der Waals surface area contributed by atoms with Crippen molar-refractivity contribution in [3.63, 3.8) is 0 Å². The summed E-state index contributed by atoms with van der Waals surface area (Å²) in [6.45, 7) is 1.32. The van der Waals surface area contributed by atoms with Crippen LogP contribution < -0.4 is 10.6 Å². The zero-order chi connectivity index (χ0) is 16.1. The third-order valence-electron chi connectivity index (χ3n) is 3.02. The third kappa shape index (κ3) is 4.23. The lowest BCUT2D eigenvalue weighted by Crippen LogP contribution is -2.38. The Kier molecular flexibility index (Phi) is 5.42. The first-order chi connectivity index (χ1) is 10.5. The Morgan fingerprint density at radius 2 is 2.27 bits per heavy atom.